The van der Waals surface area contributed by atoms with Crippen LogP contribution in [-0.4, -0.2) is 57.6 Å². The Balaban J connectivity index is 3.68. The van der Waals surface area contributed by atoms with Gasteiger partial charge in [0.05, 0.1) is 5.92 Å². The van der Waals surface area contributed by atoms with Gasteiger partial charge in [0.25, 0.3) is 0 Å². The number of carbonyl (C=O) groups is 5. The highest BCUT2D eigenvalue weighted by Crippen LogP contribution is 2.15. The lowest BCUT2D eigenvalue weighted by molar-refractivity contribution is -0.142. The Morgan fingerprint density at radius 3 is 1.40 bits per heavy atom. The van der Waals surface area contributed by atoms with Gasteiger partial charge in [-0.15, -0.1) is 0 Å². The maximum absolute atomic E-state index is 12.2. The molecule has 0 radical (unpaired) electrons. The average molecular weight is 613 g/mol. The highest BCUT2D eigenvalue weighted by Gasteiger charge is 2.21. The Labute approximate surface area is 259 Å². The lowest BCUT2D eigenvalue weighted by atomic mass is 9.99. The van der Waals surface area contributed by atoms with Crippen molar-refractivity contribution in [1.82, 2.24) is 10.6 Å². The molecule has 2 atom stereocenters. The Morgan fingerprint density at radius 1 is 0.512 bits per heavy atom. The van der Waals surface area contributed by atoms with E-state index in [-0.39, 0.29) is 37.0 Å². The van der Waals surface area contributed by atoms with E-state index in [9.17, 15) is 29.1 Å². The van der Waals surface area contributed by atoms with Crippen LogP contribution in [-0.2, 0) is 24.0 Å². The van der Waals surface area contributed by atoms with Gasteiger partial charge in [0, 0.05) is 25.8 Å². The maximum atomic E-state index is 12.2. The molecule has 0 fully saturated rings. The van der Waals surface area contributed by atoms with Gasteiger partial charge in [-0.05, 0) is 38.5 Å². The molecule has 0 aliphatic heterocycles. The van der Waals surface area contributed by atoms with Crippen LogP contribution >= 0.6 is 0 Å². The molecule has 10 nitrogen and oxygen atoms in total. The van der Waals surface area contributed by atoms with Crippen LogP contribution in [0.1, 0.15) is 161 Å². The molecular weight excluding hydrogens is 552 g/mol. The van der Waals surface area contributed by atoms with Gasteiger partial charge in [-0.1, -0.05) is 103 Å². The fourth-order valence-corrected chi connectivity index (χ4v) is 5.17. The summed E-state index contributed by atoms with van der Waals surface area (Å²) in [5, 5.41) is 32.4. The first kappa shape index (κ1) is 40.4. The van der Waals surface area contributed by atoms with Gasteiger partial charge in [-0.3, -0.25) is 19.2 Å². The Bertz CT molecular complexity index is 774. The van der Waals surface area contributed by atoms with E-state index in [1.54, 1.807) is 0 Å². The van der Waals surface area contributed by atoms with Crippen molar-refractivity contribution in [1.29, 1.82) is 0 Å². The van der Waals surface area contributed by atoms with Gasteiger partial charge in [-0.25, -0.2) is 4.79 Å². The standard InChI is InChI=1S/C33H60N2O8/c1-2-27(32(40)41)21-19-20-26-34-29(36)25-24-28(33(42)43)35-30(37)22-17-15-13-11-9-7-5-3-4-6-8-10-12-14-16-18-23-31(38)39/h27-28H,2-26H2,1H3,(H,34,36)(H,35,37)(H,38,39)(H,40,41)(H,42,43)/t27-,28-/m0/s1. The molecule has 0 aliphatic carbocycles. The molecule has 10 heteroatoms. The van der Waals surface area contributed by atoms with Gasteiger partial charge in [0.15, 0.2) is 0 Å². The zero-order valence-electron chi connectivity index (χ0n) is 26.7. The minimum Gasteiger partial charge on any atom is -0.481 e. The van der Waals surface area contributed by atoms with Crippen LogP contribution in [0.5, 0.6) is 0 Å². The summed E-state index contributed by atoms with van der Waals surface area (Å²) >= 11 is 0. The van der Waals surface area contributed by atoms with Crippen molar-refractivity contribution in [3.05, 3.63) is 0 Å². The number of carbonyl (C=O) groups excluding carboxylic acids is 2. The molecule has 0 aromatic heterocycles. The molecule has 5 N–H and O–H groups in total. The van der Waals surface area contributed by atoms with Crippen LogP contribution in [0.15, 0.2) is 0 Å². The predicted molar refractivity (Wildman–Crippen MR) is 168 cm³/mol. The summed E-state index contributed by atoms with van der Waals surface area (Å²) in [6.07, 6.45) is 21.2. The van der Waals surface area contributed by atoms with E-state index >= 15 is 0 Å². The third kappa shape index (κ3) is 26.7. The van der Waals surface area contributed by atoms with Crippen LogP contribution in [0.25, 0.3) is 0 Å². The van der Waals surface area contributed by atoms with Crippen molar-refractivity contribution in [2.24, 2.45) is 5.92 Å². The van der Waals surface area contributed by atoms with E-state index < -0.39 is 23.9 Å². The van der Waals surface area contributed by atoms with Gasteiger partial charge < -0.3 is 26.0 Å². The van der Waals surface area contributed by atoms with Gasteiger partial charge in [0.1, 0.15) is 6.04 Å². The van der Waals surface area contributed by atoms with E-state index in [0.717, 1.165) is 44.9 Å². The second-order valence-corrected chi connectivity index (χ2v) is 11.8. The second kappa shape index (κ2) is 28.1. The number of aliphatic carboxylic acids is 3. The highest BCUT2D eigenvalue weighted by atomic mass is 16.4. The summed E-state index contributed by atoms with van der Waals surface area (Å²) in [7, 11) is 0. The van der Waals surface area contributed by atoms with Crippen molar-refractivity contribution in [3.8, 4) is 0 Å². The largest absolute Gasteiger partial charge is 0.481 e. The highest BCUT2D eigenvalue weighted by molar-refractivity contribution is 5.84. The van der Waals surface area contributed by atoms with E-state index in [2.05, 4.69) is 10.6 Å². The van der Waals surface area contributed by atoms with E-state index in [0.29, 0.717) is 38.6 Å². The smallest absolute Gasteiger partial charge is 0.326 e. The minimum absolute atomic E-state index is 0.00153. The van der Waals surface area contributed by atoms with Crippen molar-refractivity contribution < 1.29 is 39.3 Å². The first-order valence-corrected chi connectivity index (χ1v) is 16.9. The summed E-state index contributed by atoms with van der Waals surface area (Å²) in [5.41, 5.74) is 0. The van der Waals surface area contributed by atoms with E-state index in [4.69, 9.17) is 10.2 Å². The Morgan fingerprint density at radius 2 is 0.977 bits per heavy atom. The van der Waals surface area contributed by atoms with Crippen molar-refractivity contribution in [3.63, 3.8) is 0 Å². The van der Waals surface area contributed by atoms with Gasteiger partial charge in [-0.2, -0.15) is 0 Å². The summed E-state index contributed by atoms with van der Waals surface area (Å²) in [6.45, 7) is 2.26. The average Bonchev–Trinajstić information content (AvgIpc) is 2.95. The molecule has 0 aromatic rings. The third-order valence-corrected chi connectivity index (χ3v) is 7.98. The lowest BCUT2D eigenvalue weighted by Crippen LogP contribution is -2.41. The number of carboxylic acids is 3. The number of carboxylic acid groups (broad SMARTS) is 3. The molecule has 0 unspecified atom stereocenters. The molecule has 2 amide bonds. The van der Waals surface area contributed by atoms with Crippen molar-refractivity contribution in [2.75, 3.05) is 6.54 Å². The van der Waals surface area contributed by atoms with Crippen LogP contribution in [0.4, 0.5) is 0 Å². The van der Waals surface area contributed by atoms with Crippen LogP contribution in [0.2, 0.25) is 0 Å². The van der Waals surface area contributed by atoms with Gasteiger partial charge in [0.2, 0.25) is 11.8 Å². The molecule has 0 rings (SSSR count). The number of unbranched alkanes of at least 4 members (excludes halogenated alkanes) is 16. The number of nitrogens with one attached hydrogen (secondary N) is 2. The molecule has 0 saturated heterocycles. The summed E-state index contributed by atoms with van der Waals surface area (Å²) in [6, 6.07) is -1.09. The Hall–Kier alpha value is -2.65. The van der Waals surface area contributed by atoms with Crippen LogP contribution in [0.3, 0.4) is 0 Å². The fraction of sp³-hybridized carbons (Fsp3) is 0.848. The molecule has 0 saturated carbocycles. The quantitative estimate of drug-likeness (QED) is 0.0530. The monoisotopic (exact) mass is 612 g/mol. The molecule has 43 heavy (non-hydrogen) atoms. The van der Waals surface area contributed by atoms with Crippen molar-refractivity contribution in [2.45, 2.75) is 167 Å². The van der Waals surface area contributed by atoms with E-state index in [1.165, 1.54) is 57.8 Å². The van der Waals surface area contributed by atoms with Gasteiger partial charge >= 0.3 is 17.9 Å². The number of hydrogen-bond donors (Lipinski definition) is 5. The minimum atomic E-state index is -1.15. The third-order valence-electron chi connectivity index (χ3n) is 7.98. The Kier molecular flexibility index (Phi) is 26.4. The second-order valence-electron chi connectivity index (χ2n) is 11.8. The molecule has 0 aliphatic rings. The SMILES string of the molecule is CC[C@@H](CCCCNC(=O)CC[C@H](NC(=O)CCCCCCCCCCCCCCCCCCC(=O)O)C(=O)O)C(=O)O. The number of rotatable bonds is 31. The van der Waals surface area contributed by atoms with E-state index in [1.807, 2.05) is 6.92 Å². The molecule has 0 aromatic carbocycles. The zero-order valence-corrected chi connectivity index (χ0v) is 26.7. The zero-order chi connectivity index (χ0) is 32.1. The molecule has 0 heterocycles. The topological polar surface area (TPSA) is 170 Å². The van der Waals surface area contributed by atoms with Crippen LogP contribution < -0.4 is 10.6 Å². The molecule has 0 bridgehead atoms. The van der Waals surface area contributed by atoms with Crippen molar-refractivity contribution >= 4 is 29.7 Å². The molecule has 0 spiro atoms. The fourth-order valence-electron chi connectivity index (χ4n) is 5.17. The molecule has 250 valence electrons. The predicted octanol–water partition coefficient (Wildman–Crippen LogP) is 6.84. The van der Waals surface area contributed by atoms with Crippen LogP contribution in [0, 0.1) is 5.92 Å². The normalized spacial score (nSPS) is 12.4. The summed E-state index contributed by atoms with van der Waals surface area (Å²) in [4.78, 5) is 57.3. The lowest BCUT2D eigenvalue weighted by Gasteiger charge is -2.14. The summed E-state index contributed by atoms with van der Waals surface area (Å²) in [5.74, 6) is -3.57. The first-order chi connectivity index (χ1) is 20.7. The number of hydrogen-bond acceptors (Lipinski definition) is 5. The maximum Gasteiger partial charge on any atom is 0.326 e. The first-order valence-electron chi connectivity index (χ1n) is 16.9. The summed E-state index contributed by atoms with van der Waals surface area (Å²) < 4.78 is 0. The molecular formula is C33H60N2O8. The number of amides is 2.